The molecule has 1 N–H and O–H groups in total. The number of ether oxygens (including phenoxy) is 2. The fourth-order valence-electron chi connectivity index (χ4n) is 14.1. The van der Waals surface area contributed by atoms with E-state index in [1.807, 2.05) is 13.8 Å². The van der Waals surface area contributed by atoms with E-state index in [0.29, 0.717) is 31.1 Å². The summed E-state index contributed by atoms with van der Waals surface area (Å²) in [6.45, 7) is 26.3. The zero-order valence-corrected chi connectivity index (χ0v) is 36.2. The minimum Gasteiger partial charge on any atom is -0.464 e. The summed E-state index contributed by atoms with van der Waals surface area (Å²) in [4.78, 5) is 55.2. The number of carbonyl (C=O) groups excluding carboxylic acids is 4. The van der Waals surface area contributed by atoms with Gasteiger partial charge in [0.2, 0.25) is 5.91 Å². The molecule has 0 aliphatic heterocycles. The van der Waals surface area contributed by atoms with Crippen LogP contribution in [-0.2, 0) is 28.7 Å². The molecule has 0 aromatic rings. The molecule has 6 aliphatic carbocycles. The predicted molar refractivity (Wildman–Crippen MR) is 212 cm³/mol. The van der Waals surface area contributed by atoms with E-state index in [-0.39, 0.29) is 69.3 Å². The number of amides is 1. The fraction of sp³-hybridized carbons (Fsp3) is 0.870. The topological polar surface area (TPSA) is 102 Å². The van der Waals surface area contributed by atoms with Crippen LogP contribution in [0.3, 0.4) is 0 Å². The molecule has 10 atom stereocenters. The van der Waals surface area contributed by atoms with Crippen LogP contribution in [0, 0.1) is 62.1 Å². The third-order valence-electron chi connectivity index (χ3n) is 17.7. The van der Waals surface area contributed by atoms with Gasteiger partial charge in [-0.1, -0.05) is 76.2 Å². The summed E-state index contributed by atoms with van der Waals surface area (Å²) in [5, 5.41) is 3.64. The Balaban J connectivity index is 1.25. The van der Waals surface area contributed by atoms with Crippen LogP contribution in [0.5, 0.6) is 0 Å². The number of fused-ring (bicyclic) bond motifs is 7. The summed E-state index contributed by atoms with van der Waals surface area (Å²) >= 11 is 0. The molecule has 6 rings (SSSR count). The van der Waals surface area contributed by atoms with Crippen molar-refractivity contribution >= 4 is 24.1 Å². The molecule has 0 heterocycles. The van der Waals surface area contributed by atoms with Crippen LogP contribution < -0.4 is 5.32 Å². The molecule has 0 bridgehead atoms. The van der Waals surface area contributed by atoms with E-state index in [9.17, 15) is 19.2 Å². The van der Waals surface area contributed by atoms with Gasteiger partial charge in [0.15, 0.2) is 5.78 Å². The van der Waals surface area contributed by atoms with Crippen LogP contribution in [0.1, 0.15) is 153 Å². The molecule has 0 saturated heterocycles. The predicted octanol–water partition coefficient (Wildman–Crippen LogP) is 8.70. The number of carbonyl (C=O) groups is 4. The molecule has 54 heavy (non-hydrogen) atoms. The normalized spacial score (nSPS) is 40.9. The Morgan fingerprint density at radius 3 is 2.19 bits per heavy atom. The lowest BCUT2D eigenvalue weighted by molar-refractivity contribution is -0.236. The second-order valence-electron chi connectivity index (χ2n) is 22.1. The largest absolute Gasteiger partial charge is 0.464 e. The van der Waals surface area contributed by atoms with Crippen molar-refractivity contribution in [1.29, 1.82) is 0 Å². The highest BCUT2D eigenvalue weighted by Crippen LogP contribution is 2.76. The lowest BCUT2D eigenvalue weighted by atomic mass is 9.33. The Labute approximate surface area is 327 Å². The average molecular weight is 751 g/mol. The molecule has 1 amide bonds. The molecule has 5 saturated carbocycles. The van der Waals surface area contributed by atoms with Crippen molar-refractivity contribution in [3.8, 4) is 0 Å². The van der Waals surface area contributed by atoms with Gasteiger partial charge in [0, 0.05) is 22.7 Å². The van der Waals surface area contributed by atoms with Crippen molar-refractivity contribution in [2.75, 3.05) is 20.6 Å². The number of hydrogen-bond donors (Lipinski definition) is 1. The first-order chi connectivity index (χ1) is 24.9. The maximum atomic E-state index is 14.2. The molecule has 6 aliphatic rings. The quantitative estimate of drug-likeness (QED) is 0.167. The van der Waals surface area contributed by atoms with Gasteiger partial charge in [0.05, 0.1) is 11.5 Å². The summed E-state index contributed by atoms with van der Waals surface area (Å²) in [5.41, 5.74) is 0.768. The van der Waals surface area contributed by atoms with Crippen molar-refractivity contribution < 1.29 is 28.7 Å². The van der Waals surface area contributed by atoms with Crippen LogP contribution in [0.15, 0.2) is 11.1 Å². The molecule has 0 unspecified atom stereocenters. The molecule has 0 aromatic carbocycles. The minimum absolute atomic E-state index is 0.00282. The van der Waals surface area contributed by atoms with E-state index in [0.717, 1.165) is 76.3 Å². The maximum Gasteiger partial charge on any atom is 0.310 e. The molecule has 8 heteroatoms. The molecule has 0 aromatic heterocycles. The summed E-state index contributed by atoms with van der Waals surface area (Å²) < 4.78 is 11.7. The van der Waals surface area contributed by atoms with E-state index in [4.69, 9.17) is 9.47 Å². The number of allylic oxidation sites excluding steroid dienone is 1. The number of hydrogen-bond acceptors (Lipinski definition) is 7. The van der Waals surface area contributed by atoms with Gasteiger partial charge in [-0.2, -0.15) is 0 Å². The number of Topliss-reactive ketones (excluding diaryl/α,β-unsaturated/α-hetero) is 1. The molecular weight excluding hydrogens is 677 g/mol. The highest BCUT2D eigenvalue weighted by atomic mass is 16.6. The Kier molecular flexibility index (Phi) is 10.5. The SMILES string of the molecule is CC(C)C1=C2[C@H]3CC[C@@H]4[C@@]5(C)CC[C@H](OC(=O)[C@H]6C[C@@H](OC=O)C6(C)C)C(C)(C)[C@@H]5CC[C@@]4(C)[C@]3(C)CC[C@@]2(NC(=O)C(C)(C)CCCN(C)C)CC1=O. The lowest BCUT2D eigenvalue weighted by Gasteiger charge is -2.72. The standard InChI is InChI=1S/C46H74N2O6/c1-28(2)36-31(50)26-46(47-39(52)40(3,4)19-14-24-48(12)13)23-22-44(10)29(37(36)46)15-16-33-43(9)20-18-34(42(7,8)32(43)17-21-45(33,44)11)54-38(51)30-25-35(53-27-49)41(30,5)6/h27-30,32-35H,14-26H2,1-13H3,(H,47,52)/t29-,30-,32+,33-,34+,35-,43+,44-,45-,46-/m1/s1. The van der Waals surface area contributed by atoms with Crippen LogP contribution in [0.4, 0.5) is 0 Å². The maximum absolute atomic E-state index is 14.2. The van der Waals surface area contributed by atoms with Gasteiger partial charge in [-0.3, -0.25) is 19.2 Å². The van der Waals surface area contributed by atoms with Crippen LogP contribution in [0.25, 0.3) is 0 Å². The monoisotopic (exact) mass is 751 g/mol. The van der Waals surface area contributed by atoms with E-state index < -0.39 is 16.4 Å². The second kappa shape index (κ2) is 13.7. The third-order valence-corrected chi connectivity index (χ3v) is 17.7. The summed E-state index contributed by atoms with van der Waals surface area (Å²) in [6.07, 6.45) is 10.4. The summed E-state index contributed by atoms with van der Waals surface area (Å²) in [6, 6.07) is 0. The van der Waals surface area contributed by atoms with Gasteiger partial charge in [0.1, 0.15) is 12.2 Å². The average Bonchev–Trinajstić information content (AvgIpc) is 3.35. The fourth-order valence-corrected chi connectivity index (χ4v) is 14.1. The molecule has 0 spiro atoms. The highest BCUT2D eigenvalue weighted by molar-refractivity contribution is 6.02. The zero-order chi connectivity index (χ0) is 40.0. The van der Waals surface area contributed by atoms with Gasteiger partial charge in [-0.25, -0.2) is 0 Å². The molecule has 0 radical (unpaired) electrons. The first-order valence-corrected chi connectivity index (χ1v) is 21.5. The van der Waals surface area contributed by atoms with Crippen molar-refractivity contribution in [3.63, 3.8) is 0 Å². The Bertz CT molecular complexity index is 1560. The van der Waals surface area contributed by atoms with Crippen LogP contribution in [-0.4, -0.2) is 67.4 Å². The minimum atomic E-state index is -0.584. The Morgan fingerprint density at radius 1 is 0.889 bits per heavy atom. The van der Waals surface area contributed by atoms with Gasteiger partial charge < -0.3 is 19.7 Å². The molecule has 8 nitrogen and oxygen atoms in total. The van der Waals surface area contributed by atoms with Crippen molar-refractivity contribution in [1.82, 2.24) is 10.2 Å². The summed E-state index contributed by atoms with van der Waals surface area (Å²) in [7, 11) is 4.15. The number of nitrogens with zero attached hydrogens (tertiary/aromatic N) is 1. The van der Waals surface area contributed by atoms with Gasteiger partial charge in [0.25, 0.3) is 6.47 Å². The number of esters is 1. The first-order valence-electron chi connectivity index (χ1n) is 21.5. The zero-order valence-electron chi connectivity index (χ0n) is 36.2. The molecule has 304 valence electrons. The number of ketones is 1. The lowest BCUT2D eigenvalue weighted by Crippen LogP contribution is -2.67. The smallest absolute Gasteiger partial charge is 0.310 e. The van der Waals surface area contributed by atoms with E-state index in [1.165, 1.54) is 5.57 Å². The Morgan fingerprint density at radius 2 is 1.57 bits per heavy atom. The van der Waals surface area contributed by atoms with Crippen molar-refractivity contribution in [2.45, 2.75) is 171 Å². The summed E-state index contributed by atoms with van der Waals surface area (Å²) in [5.74, 6) is 1.24. The van der Waals surface area contributed by atoms with E-state index in [1.54, 1.807) is 0 Å². The third kappa shape index (κ3) is 6.15. The van der Waals surface area contributed by atoms with Crippen molar-refractivity contribution in [2.24, 2.45) is 62.1 Å². The Hall–Kier alpha value is -2.22. The highest BCUT2D eigenvalue weighted by Gasteiger charge is 2.70. The first kappa shape index (κ1) is 41.4. The second-order valence-corrected chi connectivity index (χ2v) is 22.1. The number of rotatable bonds is 11. The van der Waals surface area contributed by atoms with Crippen molar-refractivity contribution in [3.05, 3.63) is 11.1 Å². The number of nitrogens with one attached hydrogen (secondary N) is 1. The van der Waals surface area contributed by atoms with Gasteiger partial charge in [-0.05, 0) is 142 Å². The molecule has 5 fully saturated rings. The van der Waals surface area contributed by atoms with Crippen LogP contribution >= 0.6 is 0 Å². The van der Waals surface area contributed by atoms with Gasteiger partial charge in [-0.15, -0.1) is 0 Å². The van der Waals surface area contributed by atoms with Gasteiger partial charge >= 0.3 is 5.97 Å². The van der Waals surface area contributed by atoms with Crippen LogP contribution in [0.2, 0.25) is 0 Å². The van der Waals surface area contributed by atoms with E-state index >= 15 is 0 Å². The van der Waals surface area contributed by atoms with E-state index in [2.05, 4.69) is 86.6 Å². The molecular formula is C46H74N2O6.